The summed E-state index contributed by atoms with van der Waals surface area (Å²) in [6.45, 7) is 8.89. The van der Waals surface area contributed by atoms with Gasteiger partial charge in [0, 0.05) is 6.42 Å². The maximum Gasteiger partial charge on any atom is 0.104 e. The first-order valence-electron chi connectivity index (χ1n) is 5.14. The predicted molar refractivity (Wildman–Crippen MR) is 55.8 cm³/mol. The molecule has 0 bridgehead atoms. The fourth-order valence-electron chi connectivity index (χ4n) is 1.51. The zero-order valence-electron chi connectivity index (χ0n) is 9.13. The topological polar surface area (TPSA) is 13.1 Å². The lowest BCUT2D eigenvalue weighted by Gasteiger charge is -1.99. The van der Waals surface area contributed by atoms with E-state index >= 15 is 0 Å². The molecule has 0 N–H and O–H groups in total. The standard InChI is InChI=1S/C12H20O/c1-9(2)5-11-7-12(13-8-11)6-10(3)4/h7-10H,5-6H2,1-4H3. The van der Waals surface area contributed by atoms with Crippen LogP contribution in [0.1, 0.15) is 39.0 Å². The highest BCUT2D eigenvalue weighted by molar-refractivity contribution is 5.13. The zero-order valence-corrected chi connectivity index (χ0v) is 9.13. The minimum absolute atomic E-state index is 0.679. The third-order valence-electron chi connectivity index (χ3n) is 1.96. The Kier molecular flexibility index (Phi) is 3.58. The summed E-state index contributed by atoms with van der Waals surface area (Å²) in [5.74, 6) is 2.52. The Morgan fingerprint density at radius 2 is 1.69 bits per heavy atom. The van der Waals surface area contributed by atoms with Crippen molar-refractivity contribution in [2.24, 2.45) is 11.8 Å². The Bertz CT molecular complexity index is 221. The molecule has 0 aromatic carbocycles. The molecular weight excluding hydrogens is 160 g/mol. The average Bonchev–Trinajstić information content (AvgIpc) is 2.33. The summed E-state index contributed by atoms with van der Waals surface area (Å²) < 4.78 is 5.48. The second-order valence-electron chi connectivity index (χ2n) is 4.62. The van der Waals surface area contributed by atoms with Crippen LogP contribution in [0, 0.1) is 11.8 Å². The molecule has 0 saturated carbocycles. The second kappa shape index (κ2) is 4.50. The summed E-state index contributed by atoms with van der Waals surface area (Å²) in [5.41, 5.74) is 1.34. The first-order chi connectivity index (χ1) is 6.08. The molecule has 0 saturated heterocycles. The van der Waals surface area contributed by atoms with Gasteiger partial charge in [0.2, 0.25) is 0 Å². The molecule has 0 amide bonds. The lowest BCUT2D eigenvalue weighted by Crippen LogP contribution is -1.93. The molecule has 0 aliphatic rings. The Labute approximate surface area is 81.1 Å². The van der Waals surface area contributed by atoms with Crippen LogP contribution in [0.15, 0.2) is 16.7 Å². The van der Waals surface area contributed by atoms with E-state index in [0.29, 0.717) is 11.8 Å². The van der Waals surface area contributed by atoms with Crippen LogP contribution >= 0.6 is 0 Å². The minimum Gasteiger partial charge on any atom is -0.469 e. The molecule has 1 nitrogen and oxygen atoms in total. The maximum absolute atomic E-state index is 5.48. The number of rotatable bonds is 4. The van der Waals surface area contributed by atoms with E-state index in [0.717, 1.165) is 18.6 Å². The summed E-state index contributed by atoms with van der Waals surface area (Å²) in [7, 11) is 0. The summed E-state index contributed by atoms with van der Waals surface area (Å²) in [6, 6.07) is 2.19. The SMILES string of the molecule is CC(C)Cc1coc(CC(C)C)c1. The van der Waals surface area contributed by atoms with Crippen LogP contribution in [0.4, 0.5) is 0 Å². The highest BCUT2D eigenvalue weighted by Gasteiger charge is 2.05. The van der Waals surface area contributed by atoms with Crippen molar-refractivity contribution in [1.82, 2.24) is 0 Å². The highest BCUT2D eigenvalue weighted by atomic mass is 16.3. The fourth-order valence-corrected chi connectivity index (χ4v) is 1.51. The molecule has 0 fully saturated rings. The van der Waals surface area contributed by atoms with Gasteiger partial charge in [0.05, 0.1) is 6.26 Å². The molecule has 0 aliphatic carbocycles. The van der Waals surface area contributed by atoms with E-state index in [1.54, 1.807) is 0 Å². The van der Waals surface area contributed by atoms with E-state index in [-0.39, 0.29) is 0 Å². The molecule has 1 aromatic rings. The molecule has 0 spiro atoms. The van der Waals surface area contributed by atoms with Crippen molar-refractivity contribution in [2.45, 2.75) is 40.5 Å². The van der Waals surface area contributed by atoms with Gasteiger partial charge in [-0.2, -0.15) is 0 Å². The van der Waals surface area contributed by atoms with Gasteiger partial charge in [-0.1, -0.05) is 27.7 Å². The average molecular weight is 180 g/mol. The summed E-state index contributed by atoms with van der Waals surface area (Å²) in [6.07, 6.45) is 4.08. The van der Waals surface area contributed by atoms with Crippen LogP contribution in [-0.4, -0.2) is 0 Å². The Morgan fingerprint density at radius 3 is 2.23 bits per heavy atom. The Hall–Kier alpha value is -0.720. The minimum atomic E-state index is 0.679. The summed E-state index contributed by atoms with van der Waals surface area (Å²) in [4.78, 5) is 0. The van der Waals surface area contributed by atoms with Crippen LogP contribution in [0.25, 0.3) is 0 Å². The fraction of sp³-hybridized carbons (Fsp3) is 0.667. The molecule has 0 unspecified atom stereocenters. The van der Waals surface area contributed by atoms with Gasteiger partial charge >= 0.3 is 0 Å². The van der Waals surface area contributed by atoms with Gasteiger partial charge in [-0.05, 0) is 29.9 Å². The van der Waals surface area contributed by atoms with E-state index in [4.69, 9.17) is 4.42 Å². The predicted octanol–water partition coefficient (Wildman–Crippen LogP) is 3.68. The first-order valence-corrected chi connectivity index (χ1v) is 5.14. The zero-order chi connectivity index (χ0) is 9.84. The van der Waals surface area contributed by atoms with E-state index in [1.807, 2.05) is 6.26 Å². The molecular formula is C12H20O. The van der Waals surface area contributed by atoms with Gasteiger partial charge in [-0.25, -0.2) is 0 Å². The molecule has 0 radical (unpaired) electrons. The van der Waals surface area contributed by atoms with E-state index < -0.39 is 0 Å². The smallest absolute Gasteiger partial charge is 0.104 e. The molecule has 0 atom stereocenters. The van der Waals surface area contributed by atoms with Crippen molar-refractivity contribution >= 4 is 0 Å². The van der Waals surface area contributed by atoms with E-state index in [2.05, 4.69) is 33.8 Å². The molecule has 13 heavy (non-hydrogen) atoms. The Balaban J connectivity index is 2.53. The first kappa shape index (κ1) is 10.4. The third-order valence-corrected chi connectivity index (χ3v) is 1.96. The lowest BCUT2D eigenvalue weighted by molar-refractivity contribution is 0.470. The van der Waals surface area contributed by atoms with Crippen molar-refractivity contribution in [1.29, 1.82) is 0 Å². The van der Waals surface area contributed by atoms with E-state index in [9.17, 15) is 0 Å². The van der Waals surface area contributed by atoms with Crippen LogP contribution < -0.4 is 0 Å². The van der Waals surface area contributed by atoms with Gasteiger partial charge < -0.3 is 4.42 Å². The van der Waals surface area contributed by atoms with Gasteiger partial charge in [-0.15, -0.1) is 0 Å². The molecule has 1 heterocycles. The monoisotopic (exact) mass is 180 g/mol. The molecule has 1 aromatic heterocycles. The quantitative estimate of drug-likeness (QED) is 0.689. The van der Waals surface area contributed by atoms with Crippen molar-refractivity contribution in [3.8, 4) is 0 Å². The third kappa shape index (κ3) is 3.67. The van der Waals surface area contributed by atoms with Crippen molar-refractivity contribution < 1.29 is 4.42 Å². The largest absolute Gasteiger partial charge is 0.469 e. The second-order valence-corrected chi connectivity index (χ2v) is 4.62. The van der Waals surface area contributed by atoms with Crippen LogP contribution in [0.3, 0.4) is 0 Å². The van der Waals surface area contributed by atoms with Gasteiger partial charge in [0.25, 0.3) is 0 Å². The van der Waals surface area contributed by atoms with Gasteiger partial charge in [0.1, 0.15) is 5.76 Å². The summed E-state index contributed by atoms with van der Waals surface area (Å²) in [5, 5.41) is 0. The number of hydrogen-bond donors (Lipinski definition) is 0. The number of hydrogen-bond acceptors (Lipinski definition) is 1. The van der Waals surface area contributed by atoms with E-state index in [1.165, 1.54) is 5.56 Å². The van der Waals surface area contributed by atoms with Crippen LogP contribution in [0.2, 0.25) is 0 Å². The van der Waals surface area contributed by atoms with Crippen molar-refractivity contribution in [3.05, 3.63) is 23.7 Å². The van der Waals surface area contributed by atoms with Gasteiger partial charge in [0.15, 0.2) is 0 Å². The van der Waals surface area contributed by atoms with Crippen molar-refractivity contribution in [3.63, 3.8) is 0 Å². The number of furan rings is 1. The lowest BCUT2D eigenvalue weighted by atomic mass is 10.0. The maximum atomic E-state index is 5.48. The summed E-state index contributed by atoms with van der Waals surface area (Å²) >= 11 is 0. The highest BCUT2D eigenvalue weighted by Crippen LogP contribution is 2.15. The molecule has 1 rings (SSSR count). The molecule has 1 heteroatoms. The van der Waals surface area contributed by atoms with Crippen LogP contribution in [0.5, 0.6) is 0 Å². The Morgan fingerprint density at radius 1 is 1.08 bits per heavy atom. The van der Waals surface area contributed by atoms with Gasteiger partial charge in [-0.3, -0.25) is 0 Å². The van der Waals surface area contributed by atoms with Crippen LogP contribution in [-0.2, 0) is 12.8 Å². The normalized spacial score (nSPS) is 11.5. The molecule has 74 valence electrons. The van der Waals surface area contributed by atoms with Crippen molar-refractivity contribution in [2.75, 3.05) is 0 Å². The molecule has 0 aliphatic heterocycles.